The minimum absolute atomic E-state index is 0.00429. The lowest BCUT2D eigenvalue weighted by molar-refractivity contribution is -0.125. The van der Waals surface area contributed by atoms with Gasteiger partial charge in [0, 0.05) is 12.1 Å². The SMILES string of the molecule is COc1ccc(C(=O)OCC(=O)N[C@@H]2CCCC[C@H]2C)c(O)c1. The van der Waals surface area contributed by atoms with Crippen molar-refractivity contribution < 1.29 is 24.2 Å². The Morgan fingerprint density at radius 3 is 2.70 bits per heavy atom. The van der Waals surface area contributed by atoms with Crippen LogP contribution in [0.15, 0.2) is 18.2 Å². The zero-order chi connectivity index (χ0) is 16.8. The standard InChI is InChI=1S/C17H23NO5/c1-11-5-3-4-6-14(11)18-16(20)10-23-17(21)13-8-7-12(22-2)9-15(13)19/h7-9,11,14,19H,3-6,10H2,1-2H3,(H,18,20)/t11-,14-/m1/s1. The first kappa shape index (κ1) is 17.1. The molecule has 1 fully saturated rings. The Hall–Kier alpha value is -2.24. The number of ether oxygens (including phenoxy) is 2. The van der Waals surface area contributed by atoms with Crippen LogP contribution in [0.25, 0.3) is 0 Å². The summed E-state index contributed by atoms with van der Waals surface area (Å²) in [6.45, 7) is 1.76. The Morgan fingerprint density at radius 1 is 1.30 bits per heavy atom. The third kappa shape index (κ3) is 4.61. The summed E-state index contributed by atoms with van der Waals surface area (Å²) in [5.41, 5.74) is 0.00429. The van der Waals surface area contributed by atoms with Crippen molar-refractivity contribution >= 4 is 11.9 Å². The minimum atomic E-state index is -0.739. The molecule has 0 unspecified atom stereocenters. The molecule has 6 heteroatoms. The first-order chi connectivity index (χ1) is 11.0. The minimum Gasteiger partial charge on any atom is -0.507 e. The number of hydrogen-bond donors (Lipinski definition) is 2. The Kier molecular flexibility index (Phi) is 5.84. The predicted octanol–water partition coefficient (Wildman–Crippen LogP) is 2.25. The summed E-state index contributed by atoms with van der Waals surface area (Å²) in [6, 6.07) is 4.40. The van der Waals surface area contributed by atoms with Crippen LogP contribution < -0.4 is 10.1 Å². The third-order valence-electron chi connectivity index (χ3n) is 4.22. The topological polar surface area (TPSA) is 84.9 Å². The molecule has 1 amide bonds. The van der Waals surface area contributed by atoms with Gasteiger partial charge in [0.1, 0.15) is 17.1 Å². The molecule has 0 radical (unpaired) electrons. The van der Waals surface area contributed by atoms with Gasteiger partial charge in [-0.05, 0) is 30.9 Å². The van der Waals surface area contributed by atoms with E-state index in [4.69, 9.17) is 9.47 Å². The quantitative estimate of drug-likeness (QED) is 0.813. The number of carbonyl (C=O) groups is 2. The van der Waals surface area contributed by atoms with E-state index in [2.05, 4.69) is 12.2 Å². The van der Waals surface area contributed by atoms with E-state index in [9.17, 15) is 14.7 Å². The number of carbonyl (C=O) groups excluding carboxylic acids is 2. The smallest absolute Gasteiger partial charge is 0.342 e. The van der Waals surface area contributed by atoms with Gasteiger partial charge in [-0.2, -0.15) is 0 Å². The molecule has 1 aromatic rings. The van der Waals surface area contributed by atoms with Crippen molar-refractivity contribution in [3.8, 4) is 11.5 Å². The van der Waals surface area contributed by atoms with Crippen molar-refractivity contribution in [2.24, 2.45) is 5.92 Å². The number of nitrogens with one attached hydrogen (secondary N) is 1. The molecule has 1 aliphatic carbocycles. The average molecular weight is 321 g/mol. The molecule has 1 saturated carbocycles. The van der Waals surface area contributed by atoms with Crippen molar-refractivity contribution in [2.45, 2.75) is 38.6 Å². The highest BCUT2D eigenvalue weighted by Gasteiger charge is 2.23. The maximum atomic E-state index is 11.9. The van der Waals surface area contributed by atoms with Gasteiger partial charge in [0.15, 0.2) is 6.61 Å². The Balaban J connectivity index is 1.85. The van der Waals surface area contributed by atoms with E-state index >= 15 is 0 Å². The van der Waals surface area contributed by atoms with E-state index in [1.54, 1.807) is 6.07 Å². The molecular weight excluding hydrogens is 298 g/mol. The molecular formula is C17H23NO5. The molecule has 0 bridgehead atoms. The molecule has 0 spiro atoms. The van der Waals surface area contributed by atoms with Crippen LogP contribution in [0.5, 0.6) is 11.5 Å². The molecule has 2 N–H and O–H groups in total. The van der Waals surface area contributed by atoms with Crippen LogP contribution in [0.3, 0.4) is 0 Å². The molecule has 2 atom stereocenters. The maximum absolute atomic E-state index is 11.9. The summed E-state index contributed by atoms with van der Waals surface area (Å²) in [6.07, 6.45) is 4.36. The number of amides is 1. The van der Waals surface area contributed by atoms with Crippen molar-refractivity contribution in [1.29, 1.82) is 0 Å². The van der Waals surface area contributed by atoms with Gasteiger partial charge in [-0.3, -0.25) is 4.79 Å². The van der Waals surface area contributed by atoms with Crippen LogP contribution in [0, 0.1) is 5.92 Å². The number of rotatable bonds is 5. The Labute approximate surface area is 135 Å². The number of phenols is 1. The van der Waals surface area contributed by atoms with Gasteiger partial charge in [-0.15, -0.1) is 0 Å². The molecule has 0 saturated heterocycles. The summed E-state index contributed by atoms with van der Waals surface area (Å²) in [4.78, 5) is 23.8. The fourth-order valence-electron chi connectivity index (χ4n) is 2.80. The fraction of sp³-hybridized carbons (Fsp3) is 0.529. The molecule has 1 aromatic carbocycles. The lowest BCUT2D eigenvalue weighted by Crippen LogP contribution is -2.42. The highest BCUT2D eigenvalue weighted by molar-refractivity contribution is 5.94. The normalized spacial score (nSPS) is 20.6. The number of benzene rings is 1. The van der Waals surface area contributed by atoms with Gasteiger partial charge < -0.3 is 19.9 Å². The van der Waals surface area contributed by atoms with E-state index in [-0.39, 0.29) is 29.9 Å². The predicted molar refractivity (Wildman–Crippen MR) is 84.5 cm³/mol. The Bertz CT molecular complexity index is 572. The lowest BCUT2D eigenvalue weighted by Gasteiger charge is -2.29. The summed E-state index contributed by atoms with van der Waals surface area (Å²) < 4.78 is 9.92. The summed E-state index contributed by atoms with van der Waals surface area (Å²) in [5, 5.41) is 12.7. The van der Waals surface area contributed by atoms with E-state index < -0.39 is 5.97 Å². The molecule has 23 heavy (non-hydrogen) atoms. The van der Waals surface area contributed by atoms with Gasteiger partial charge >= 0.3 is 5.97 Å². The number of phenolic OH excluding ortho intramolecular Hbond substituents is 1. The van der Waals surface area contributed by atoms with Crippen LogP contribution in [0.4, 0.5) is 0 Å². The Morgan fingerprint density at radius 2 is 2.04 bits per heavy atom. The first-order valence-electron chi connectivity index (χ1n) is 7.84. The highest BCUT2D eigenvalue weighted by Crippen LogP contribution is 2.25. The monoisotopic (exact) mass is 321 g/mol. The lowest BCUT2D eigenvalue weighted by atomic mass is 9.86. The van der Waals surface area contributed by atoms with Crippen molar-refractivity contribution in [1.82, 2.24) is 5.32 Å². The van der Waals surface area contributed by atoms with Crippen molar-refractivity contribution in [3.63, 3.8) is 0 Å². The van der Waals surface area contributed by atoms with Gasteiger partial charge in [-0.1, -0.05) is 19.8 Å². The fourth-order valence-corrected chi connectivity index (χ4v) is 2.80. The van der Waals surface area contributed by atoms with Crippen molar-refractivity contribution in [2.75, 3.05) is 13.7 Å². The number of aromatic hydroxyl groups is 1. The van der Waals surface area contributed by atoms with Gasteiger partial charge in [-0.25, -0.2) is 4.79 Å². The third-order valence-corrected chi connectivity index (χ3v) is 4.22. The summed E-state index contributed by atoms with van der Waals surface area (Å²) >= 11 is 0. The number of hydrogen-bond acceptors (Lipinski definition) is 5. The highest BCUT2D eigenvalue weighted by atomic mass is 16.5. The molecule has 2 rings (SSSR count). The number of esters is 1. The van der Waals surface area contributed by atoms with Gasteiger partial charge in [0.25, 0.3) is 5.91 Å². The largest absolute Gasteiger partial charge is 0.507 e. The molecule has 0 aromatic heterocycles. The van der Waals surface area contributed by atoms with Crippen LogP contribution in [0.2, 0.25) is 0 Å². The van der Waals surface area contributed by atoms with Crippen LogP contribution in [-0.2, 0) is 9.53 Å². The van der Waals surface area contributed by atoms with E-state index in [1.807, 2.05) is 0 Å². The molecule has 6 nitrogen and oxygen atoms in total. The van der Waals surface area contributed by atoms with Crippen LogP contribution in [-0.4, -0.2) is 36.7 Å². The second-order valence-electron chi connectivity index (χ2n) is 5.89. The van der Waals surface area contributed by atoms with Crippen LogP contribution >= 0.6 is 0 Å². The van der Waals surface area contributed by atoms with Crippen LogP contribution in [0.1, 0.15) is 43.0 Å². The first-order valence-corrected chi connectivity index (χ1v) is 7.84. The second-order valence-corrected chi connectivity index (χ2v) is 5.89. The summed E-state index contributed by atoms with van der Waals surface area (Å²) in [5.74, 6) is -0.421. The maximum Gasteiger partial charge on any atom is 0.342 e. The molecule has 0 aliphatic heterocycles. The van der Waals surface area contributed by atoms with E-state index in [0.717, 1.165) is 19.3 Å². The van der Waals surface area contributed by atoms with Gasteiger partial charge in [0.05, 0.1) is 7.11 Å². The zero-order valence-electron chi connectivity index (χ0n) is 13.5. The second kappa shape index (κ2) is 7.85. The molecule has 126 valence electrons. The van der Waals surface area contributed by atoms with Crippen molar-refractivity contribution in [3.05, 3.63) is 23.8 Å². The zero-order valence-corrected chi connectivity index (χ0v) is 13.5. The van der Waals surface area contributed by atoms with E-state index in [1.165, 1.54) is 25.7 Å². The number of methoxy groups -OCH3 is 1. The average Bonchev–Trinajstić information content (AvgIpc) is 2.54. The molecule has 0 heterocycles. The van der Waals surface area contributed by atoms with E-state index in [0.29, 0.717) is 11.7 Å². The van der Waals surface area contributed by atoms with Gasteiger partial charge in [0.2, 0.25) is 0 Å². The summed E-state index contributed by atoms with van der Waals surface area (Å²) in [7, 11) is 1.46. The molecule has 1 aliphatic rings.